The highest BCUT2D eigenvalue weighted by Gasteiger charge is 2.15. The molecule has 3 N–H and O–H groups in total. The second-order valence-corrected chi connectivity index (χ2v) is 8.03. The zero-order valence-corrected chi connectivity index (χ0v) is 19.2. The Hall–Kier alpha value is -4.62. The Kier molecular flexibility index (Phi) is 6.41. The zero-order valence-electron chi connectivity index (χ0n) is 19.2. The number of nitrogens with zero attached hydrogens (tertiary/aromatic N) is 7. The number of benzene rings is 1. The van der Waals surface area contributed by atoms with Crippen LogP contribution >= 0.6 is 0 Å². The molecule has 174 valence electrons. The quantitative estimate of drug-likeness (QED) is 0.390. The number of pyridine rings is 1. The molecule has 0 bridgehead atoms. The number of nitrogens with one attached hydrogen (secondary N) is 3. The summed E-state index contributed by atoms with van der Waals surface area (Å²) in [6.45, 7) is 5.51. The van der Waals surface area contributed by atoms with Gasteiger partial charge in [0.15, 0.2) is 5.82 Å². The van der Waals surface area contributed by atoms with Crippen molar-refractivity contribution in [1.82, 2.24) is 30.2 Å². The minimum absolute atomic E-state index is 0.406. The fourth-order valence-corrected chi connectivity index (χ4v) is 3.85. The Bertz CT molecular complexity index is 1370. The first-order valence-electron chi connectivity index (χ1n) is 11.3. The highest BCUT2D eigenvalue weighted by molar-refractivity contribution is 5.68. The van der Waals surface area contributed by atoms with Crippen molar-refractivity contribution < 1.29 is 0 Å². The van der Waals surface area contributed by atoms with Gasteiger partial charge in [-0.2, -0.15) is 10.2 Å². The lowest BCUT2D eigenvalue weighted by Gasteiger charge is -2.30. The summed E-state index contributed by atoms with van der Waals surface area (Å²) >= 11 is 0. The van der Waals surface area contributed by atoms with Gasteiger partial charge in [0.05, 0.1) is 11.3 Å². The molecule has 0 saturated carbocycles. The lowest BCUT2D eigenvalue weighted by molar-refractivity contribution is 0.589. The zero-order chi connectivity index (χ0) is 24.0. The molecule has 10 nitrogen and oxygen atoms in total. The summed E-state index contributed by atoms with van der Waals surface area (Å²) in [6, 6.07) is 17.3. The van der Waals surface area contributed by atoms with Crippen LogP contribution in [0.4, 0.5) is 29.0 Å². The van der Waals surface area contributed by atoms with Gasteiger partial charge >= 0.3 is 0 Å². The Morgan fingerprint density at radius 3 is 2.51 bits per heavy atom. The molecule has 0 atom stereocenters. The maximum Gasteiger partial charge on any atom is 0.229 e. The predicted molar refractivity (Wildman–Crippen MR) is 135 cm³/mol. The van der Waals surface area contributed by atoms with Crippen LogP contribution in [0.1, 0.15) is 11.3 Å². The van der Waals surface area contributed by atoms with Crippen LogP contribution in [0.5, 0.6) is 0 Å². The lowest BCUT2D eigenvalue weighted by atomic mass is 10.1. The standard InChI is InChI=1S/C25H24N10/c1-17-3-2-4-20(30-17)24-28-9-7-22(33-24)32-23-8-10-29-25(34-23)31-19-5-6-21(18(15-19)16-26)35-13-11-27-12-14-35/h2-10,15,27H,11-14H2,1H3,(H2,28,29,31,32,33,34). The third-order valence-corrected chi connectivity index (χ3v) is 5.52. The molecule has 4 aromatic rings. The van der Waals surface area contributed by atoms with Gasteiger partial charge in [0.25, 0.3) is 0 Å². The summed E-state index contributed by atoms with van der Waals surface area (Å²) in [5.74, 6) is 2.10. The Morgan fingerprint density at radius 2 is 1.71 bits per heavy atom. The molecule has 5 rings (SSSR count). The summed E-state index contributed by atoms with van der Waals surface area (Å²) in [6.07, 6.45) is 3.33. The number of anilines is 5. The maximum absolute atomic E-state index is 9.69. The van der Waals surface area contributed by atoms with Crippen LogP contribution in [0.3, 0.4) is 0 Å². The summed E-state index contributed by atoms with van der Waals surface area (Å²) in [4.78, 5) is 24.4. The van der Waals surface area contributed by atoms with E-state index in [0.717, 1.165) is 43.2 Å². The smallest absolute Gasteiger partial charge is 0.229 e. The summed E-state index contributed by atoms with van der Waals surface area (Å²) in [5, 5.41) is 19.4. The van der Waals surface area contributed by atoms with Gasteiger partial charge < -0.3 is 20.9 Å². The van der Waals surface area contributed by atoms with Crippen molar-refractivity contribution in [1.29, 1.82) is 5.26 Å². The van der Waals surface area contributed by atoms with E-state index < -0.39 is 0 Å². The van der Waals surface area contributed by atoms with E-state index in [-0.39, 0.29) is 0 Å². The summed E-state index contributed by atoms with van der Waals surface area (Å²) < 4.78 is 0. The van der Waals surface area contributed by atoms with E-state index in [2.05, 4.69) is 51.8 Å². The molecular formula is C25H24N10. The molecule has 0 amide bonds. The topological polar surface area (TPSA) is 128 Å². The highest BCUT2D eigenvalue weighted by atomic mass is 15.2. The van der Waals surface area contributed by atoms with Gasteiger partial charge in [-0.3, -0.25) is 0 Å². The number of hydrogen-bond donors (Lipinski definition) is 3. The van der Waals surface area contributed by atoms with E-state index >= 15 is 0 Å². The van der Waals surface area contributed by atoms with E-state index in [1.54, 1.807) is 24.5 Å². The van der Waals surface area contributed by atoms with E-state index in [1.165, 1.54) is 0 Å². The first-order valence-corrected chi connectivity index (χ1v) is 11.3. The Balaban J connectivity index is 1.32. The minimum Gasteiger partial charge on any atom is -0.368 e. The fraction of sp³-hybridized carbons (Fsp3) is 0.200. The number of aryl methyl sites for hydroxylation is 1. The molecule has 35 heavy (non-hydrogen) atoms. The molecule has 1 aliphatic heterocycles. The van der Waals surface area contributed by atoms with Crippen molar-refractivity contribution in [2.45, 2.75) is 6.92 Å². The third kappa shape index (κ3) is 5.31. The second-order valence-electron chi connectivity index (χ2n) is 8.03. The summed E-state index contributed by atoms with van der Waals surface area (Å²) in [5.41, 5.74) is 3.91. The molecule has 1 saturated heterocycles. The highest BCUT2D eigenvalue weighted by Crippen LogP contribution is 2.26. The van der Waals surface area contributed by atoms with Gasteiger partial charge in [0.2, 0.25) is 5.95 Å². The molecule has 1 aliphatic rings. The monoisotopic (exact) mass is 464 g/mol. The van der Waals surface area contributed by atoms with Gasteiger partial charge in [0.1, 0.15) is 23.4 Å². The lowest BCUT2D eigenvalue weighted by Crippen LogP contribution is -2.43. The van der Waals surface area contributed by atoms with Gasteiger partial charge in [0, 0.05) is 50.0 Å². The number of nitriles is 1. The van der Waals surface area contributed by atoms with Crippen LogP contribution in [-0.4, -0.2) is 51.1 Å². The fourth-order valence-electron chi connectivity index (χ4n) is 3.85. The van der Waals surface area contributed by atoms with E-state index in [0.29, 0.717) is 34.7 Å². The van der Waals surface area contributed by atoms with Crippen LogP contribution in [-0.2, 0) is 0 Å². The van der Waals surface area contributed by atoms with Crippen molar-refractivity contribution >= 4 is 29.0 Å². The Morgan fingerprint density at radius 1 is 0.914 bits per heavy atom. The first kappa shape index (κ1) is 22.2. The summed E-state index contributed by atoms with van der Waals surface area (Å²) in [7, 11) is 0. The molecule has 0 spiro atoms. The molecule has 1 fully saturated rings. The SMILES string of the molecule is Cc1cccc(-c2nccc(Nc3ccnc(Nc4ccc(N5CCNCC5)c(C#N)c4)n3)n2)n1. The molecule has 0 aliphatic carbocycles. The second kappa shape index (κ2) is 10.1. The molecule has 0 unspecified atom stereocenters. The van der Waals surface area contributed by atoms with Crippen molar-refractivity contribution in [3.63, 3.8) is 0 Å². The number of rotatable bonds is 6. The van der Waals surface area contributed by atoms with Crippen molar-refractivity contribution in [2.24, 2.45) is 0 Å². The van der Waals surface area contributed by atoms with Gasteiger partial charge in [-0.15, -0.1) is 0 Å². The van der Waals surface area contributed by atoms with E-state index in [1.807, 2.05) is 43.3 Å². The average molecular weight is 465 g/mol. The molecule has 1 aromatic carbocycles. The first-order chi connectivity index (χ1) is 17.2. The predicted octanol–water partition coefficient (Wildman–Crippen LogP) is 3.41. The van der Waals surface area contributed by atoms with Crippen molar-refractivity contribution in [3.8, 4) is 17.6 Å². The van der Waals surface area contributed by atoms with Crippen molar-refractivity contribution in [2.75, 3.05) is 41.7 Å². The Labute approximate surface area is 203 Å². The third-order valence-electron chi connectivity index (χ3n) is 5.52. The average Bonchev–Trinajstić information content (AvgIpc) is 2.89. The van der Waals surface area contributed by atoms with E-state index in [4.69, 9.17) is 0 Å². The van der Waals surface area contributed by atoms with Gasteiger partial charge in [-0.25, -0.2) is 19.9 Å². The van der Waals surface area contributed by atoms with Crippen LogP contribution in [0.15, 0.2) is 60.9 Å². The normalized spacial score (nSPS) is 13.2. The maximum atomic E-state index is 9.69. The number of hydrogen-bond acceptors (Lipinski definition) is 10. The number of piperazine rings is 1. The van der Waals surface area contributed by atoms with Gasteiger partial charge in [-0.05, 0) is 49.4 Å². The largest absolute Gasteiger partial charge is 0.368 e. The van der Waals surface area contributed by atoms with Crippen LogP contribution in [0.25, 0.3) is 11.5 Å². The molecule has 10 heteroatoms. The van der Waals surface area contributed by atoms with Gasteiger partial charge in [-0.1, -0.05) is 6.07 Å². The van der Waals surface area contributed by atoms with Crippen LogP contribution in [0, 0.1) is 18.3 Å². The van der Waals surface area contributed by atoms with Crippen molar-refractivity contribution in [3.05, 3.63) is 72.2 Å². The molecule has 4 heterocycles. The van der Waals surface area contributed by atoms with E-state index in [9.17, 15) is 5.26 Å². The molecular weight excluding hydrogens is 440 g/mol. The molecule has 0 radical (unpaired) electrons. The van der Waals surface area contributed by atoms with Crippen LogP contribution < -0.4 is 20.9 Å². The number of aromatic nitrogens is 5. The molecule has 3 aromatic heterocycles. The van der Waals surface area contributed by atoms with Crippen LogP contribution in [0.2, 0.25) is 0 Å². The minimum atomic E-state index is 0.406.